The second-order valence-electron chi connectivity index (χ2n) is 5.17. The van der Waals surface area contributed by atoms with Crippen LogP contribution in [-0.2, 0) is 11.3 Å². The molecule has 0 bridgehead atoms. The number of amides is 1. The maximum Gasteiger partial charge on any atom is 0.250 e. The predicted octanol–water partition coefficient (Wildman–Crippen LogP) is 1.19. The molecule has 0 spiro atoms. The van der Waals surface area contributed by atoms with Crippen LogP contribution in [0.5, 0.6) is 0 Å². The molecule has 1 amide bonds. The predicted molar refractivity (Wildman–Crippen MR) is 75.2 cm³/mol. The minimum Gasteiger partial charge on any atom is -0.323 e. The van der Waals surface area contributed by atoms with Gasteiger partial charge < -0.3 is 15.2 Å². The first-order valence-corrected chi connectivity index (χ1v) is 6.85. The van der Waals surface area contributed by atoms with Crippen LogP contribution in [0.1, 0.15) is 26.7 Å². The van der Waals surface area contributed by atoms with Gasteiger partial charge in [0.1, 0.15) is 0 Å². The molecule has 1 aliphatic heterocycles. The van der Waals surface area contributed by atoms with Crippen LogP contribution in [0.2, 0.25) is 0 Å². The second kappa shape index (κ2) is 6.02. The summed E-state index contributed by atoms with van der Waals surface area (Å²) >= 11 is 0. The number of aryl methyl sites for hydroxylation is 1. The highest BCUT2D eigenvalue weighted by molar-refractivity contribution is 5.94. The number of nitrogens with one attached hydrogen (secondary N) is 2. The van der Waals surface area contributed by atoms with Crippen molar-refractivity contribution in [3.8, 4) is 0 Å². The number of nitrogens with zero attached hydrogens (tertiary/aromatic N) is 1. The third-order valence-corrected chi connectivity index (χ3v) is 3.57. The van der Waals surface area contributed by atoms with E-state index in [1.807, 2.05) is 6.92 Å². The molecule has 5 nitrogen and oxygen atoms in total. The molecule has 2 unspecified atom stereocenters. The van der Waals surface area contributed by atoms with Gasteiger partial charge in [-0.05, 0) is 38.3 Å². The minimum atomic E-state index is -0.134. The van der Waals surface area contributed by atoms with Gasteiger partial charge in [-0.25, -0.2) is 0 Å². The van der Waals surface area contributed by atoms with Crippen molar-refractivity contribution in [3.63, 3.8) is 0 Å². The summed E-state index contributed by atoms with van der Waals surface area (Å²) in [6.07, 6.45) is 3.66. The normalized spacial score (nSPS) is 23.1. The standard InChI is InChI=1S/C14H21N3O2/c1-3-17-9-11(4-5-13(17)18)16-14(19)12-8-10(2)6-7-15-12/h4-5,9-10,12,15H,3,6-8H2,1-2H3,(H,16,19). The number of piperidine rings is 1. The van der Waals surface area contributed by atoms with Crippen molar-refractivity contribution in [1.29, 1.82) is 0 Å². The summed E-state index contributed by atoms with van der Waals surface area (Å²) in [6.45, 7) is 5.55. The lowest BCUT2D eigenvalue weighted by Crippen LogP contribution is -2.45. The first kappa shape index (κ1) is 13.8. The lowest BCUT2D eigenvalue weighted by atomic mass is 9.94. The van der Waals surface area contributed by atoms with Crippen molar-refractivity contribution in [2.45, 2.75) is 39.3 Å². The largest absolute Gasteiger partial charge is 0.323 e. The van der Waals surface area contributed by atoms with Crippen LogP contribution in [0.25, 0.3) is 0 Å². The molecule has 1 aliphatic rings. The van der Waals surface area contributed by atoms with E-state index >= 15 is 0 Å². The van der Waals surface area contributed by atoms with E-state index < -0.39 is 0 Å². The maximum atomic E-state index is 12.1. The minimum absolute atomic E-state index is 0.0205. The Kier molecular flexibility index (Phi) is 4.37. The Balaban J connectivity index is 2.04. The van der Waals surface area contributed by atoms with E-state index in [2.05, 4.69) is 17.6 Å². The van der Waals surface area contributed by atoms with Crippen LogP contribution in [0.3, 0.4) is 0 Å². The Hall–Kier alpha value is -1.62. The van der Waals surface area contributed by atoms with Gasteiger partial charge >= 0.3 is 0 Å². The summed E-state index contributed by atoms with van der Waals surface area (Å²) in [5.41, 5.74) is 0.622. The summed E-state index contributed by atoms with van der Waals surface area (Å²) in [5, 5.41) is 6.10. The van der Waals surface area contributed by atoms with Gasteiger partial charge in [0, 0.05) is 18.8 Å². The van der Waals surface area contributed by atoms with E-state index in [0.717, 1.165) is 19.4 Å². The molecule has 2 rings (SSSR count). The quantitative estimate of drug-likeness (QED) is 0.861. The summed E-state index contributed by atoms with van der Waals surface area (Å²) in [4.78, 5) is 23.6. The molecule has 2 N–H and O–H groups in total. The smallest absolute Gasteiger partial charge is 0.250 e. The highest BCUT2D eigenvalue weighted by Gasteiger charge is 2.24. The Morgan fingerprint density at radius 1 is 1.53 bits per heavy atom. The van der Waals surface area contributed by atoms with Crippen molar-refractivity contribution < 1.29 is 4.79 Å². The van der Waals surface area contributed by atoms with Crippen LogP contribution < -0.4 is 16.2 Å². The number of pyridine rings is 1. The SMILES string of the molecule is CCn1cc(NC(=O)C2CC(C)CCN2)ccc1=O. The molecule has 0 aliphatic carbocycles. The molecule has 19 heavy (non-hydrogen) atoms. The molecule has 2 atom stereocenters. The van der Waals surface area contributed by atoms with Crippen molar-refractivity contribution >= 4 is 11.6 Å². The van der Waals surface area contributed by atoms with Crippen molar-refractivity contribution in [1.82, 2.24) is 9.88 Å². The topological polar surface area (TPSA) is 63.1 Å². The molecular formula is C14H21N3O2. The van der Waals surface area contributed by atoms with Gasteiger partial charge in [-0.3, -0.25) is 9.59 Å². The maximum absolute atomic E-state index is 12.1. The van der Waals surface area contributed by atoms with E-state index in [1.54, 1.807) is 16.8 Å². The summed E-state index contributed by atoms with van der Waals surface area (Å²) in [7, 11) is 0. The van der Waals surface area contributed by atoms with Crippen LogP contribution in [0.15, 0.2) is 23.1 Å². The van der Waals surface area contributed by atoms with Gasteiger partial charge in [0.2, 0.25) is 5.91 Å². The monoisotopic (exact) mass is 263 g/mol. The molecule has 0 saturated carbocycles. The fourth-order valence-electron chi connectivity index (χ4n) is 2.39. The summed E-state index contributed by atoms with van der Waals surface area (Å²) in [6, 6.07) is 3.00. The summed E-state index contributed by atoms with van der Waals surface area (Å²) in [5.74, 6) is 0.550. The zero-order chi connectivity index (χ0) is 13.8. The van der Waals surface area contributed by atoms with Gasteiger partial charge in [0.05, 0.1) is 11.7 Å². The highest BCUT2D eigenvalue weighted by Crippen LogP contribution is 2.16. The number of hydrogen-bond donors (Lipinski definition) is 2. The van der Waals surface area contributed by atoms with E-state index in [1.165, 1.54) is 6.07 Å². The van der Waals surface area contributed by atoms with Crippen LogP contribution >= 0.6 is 0 Å². The lowest BCUT2D eigenvalue weighted by molar-refractivity contribution is -0.119. The van der Waals surface area contributed by atoms with Crippen LogP contribution in [-0.4, -0.2) is 23.1 Å². The first-order chi connectivity index (χ1) is 9.10. The number of carbonyl (C=O) groups is 1. The fourth-order valence-corrected chi connectivity index (χ4v) is 2.39. The molecule has 104 valence electrons. The Morgan fingerprint density at radius 3 is 3.00 bits per heavy atom. The second-order valence-corrected chi connectivity index (χ2v) is 5.17. The molecule has 5 heteroatoms. The third-order valence-electron chi connectivity index (χ3n) is 3.57. The molecule has 0 radical (unpaired) electrons. The number of hydrogen-bond acceptors (Lipinski definition) is 3. The first-order valence-electron chi connectivity index (χ1n) is 6.85. The molecule has 1 aromatic heterocycles. The zero-order valence-corrected chi connectivity index (χ0v) is 11.5. The van der Waals surface area contributed by atoms with Gasteiger partial charge in [0.25, 0.3) is 5.56 Å². The molecule has 1 saturated heterocycles. The van der Waals surface area contributed by atoms with E-state index in [4.69, 9.17) is 0 Å². The molecule has 0 aromatic carbocycles. The van der Waals surface area contributed by atoms with Crippen molar-refractivity contribution in [3.05, 3.63) is 28.7 Å². The van der Waals surface area contributed by atoms with E-state index in [0.29, 0.717) is 18.2 Å². The van der Waals surface area contributed by atoms with Crippen molar-refractivity contribution in [2.75, 3.05) is 11.9 Å². The van der Waals surface area contributed by atoms with Crippen LogP contribution in [0.4, 0.5) is 5.69 Å². The van der Waals surface area contributed by atoms with Gasteiger partial charge in [-0.1, -0.05) is 6.92 Å². The van der Waals surface area contributed by atoms with Gasteiger partial charge in [0.15, 0.2) is 0 Å². The van der Waals surface area contributed by atoms with Crippen molar-refractivity contribution in [2.24, 2.45) is 5.92 Å². The average Bonchev–Trinajstić information content (AvgIpc) is 2.41. The lowest BCUT2D eigenvalue weighted by Gasteiger charge is -2.27. The number of aromatic nitrogens is 1. The molecule has 2 heterocycles. The average molecular weight is 263 g/mol. The number of carbonyl (C=O) groups excluding carboxylic acids is 1. The number of anilines is 1. The number of rotatable bonds is 3. The summed E-state index contributed by atoms with van der Waals surface area (Å²) < 4.78 is 1.58. The van der Waals surface area contributed by atoms with Gasteiger partial charge in [-0.15, -0.1) is 0 Å². The van der Waals surface area contributed by atoms with E-state index in [-0.39, 0.29) is 17.5 Å². The Bertz CT molecular complexity index is 510. The van der Waals surface area contributed by atoms with Crippen LogP contribution in [0, 0.1) is 5.92 Å². The Labute approximate surface area is 113 Å². The highest BCUT2D eigenvalue weighted by atomic mass is 16.2. The third kappa shape index (κ3) is 3.44. The fraction of sp³-hybridized carbons (Fsp3) is 0.571. The molecule has 1 fully saturated rings. The molecular weight excluding hydrogens is 242 g/mol. The van der Waals surface area contributed by atoms with E-state index in [9.17, 15) is 9.59 Å². The zero-order valence-electron chi connectivity index (χ0n) is 11.5. The molecule has 1 aromatic rings. The van der Waals surface area contributed by atoms with Gasteiger partial charge in [-0.2, -0.15) is 0 Å². The Morgan fingerprint density at radius 2 is 2.32 bits per heavy atom.